The molecule has 0 saturated carbocycles. The van der Waals surface area contributed by atoms with Gasteiger partial charge in [-0.1, -0.05) is 11.2 Å². The highest BCUT2D eigenvalue weighted by atomic mass is 16.5. The van der Waals surface area contributed by atoms with Crippen molar-refractivity contribution in [2.45, 2.75) is 13.5 Å². The number of amides is 1. The SMILES string of the molecule is COc1ccc(CNC(=O)C(C)C(N)=NO)cn1. The number of hydrogen-bond acceptors (Lipinski definition) is 5. The predicted octanol–water partition coefficient (Wildman–Crippen LogP) is 0.0889. The molecule has 1 rings (SSSR count). The number of nitrogens with zero attached hydrogens (tertiary/aromatic N) is 2. The zero-order valence-corrected chi connectivity index (χ0v) is 10.3. The molecule has 0 saturated heterocycles. The number of ether oxygens (including phenoxy) is 1. The molecule has 18 heavy (non-hydrogen) atoms. The molecule has 1 aromatic heterocycles. The van der Waals surface area contributed by atoms with E-state index in [0.717, 1.165) is 5.56 Å². The summed E-state index contributed by atoms with van der Waals surface area (Å²) in [6.07, 6.45) is 1.60. The number of pyridine rings is 1. The van der Waals surface area contributed by atoms with E-state index < -0.39 is 5.92 Å². The van der Waals surface area contributed by atoms with Crippen molar-refractivity contribution in [3.05, 3.63) is 23.9 Å². The van der Waals surface area contributed by atoms with E-state index in [0.29, 0.717) is 12.4 Å². The second-order valence-corrected chi connectivity index (χ2v) is 3.67. The van der Waals surface area contributed by atoms with E-state index in [-0.39, 0.29) is 11.7 Å². The lowest BCUT2D eigenvalue weighted by Crippen LogP contribution is -2.36. The minimum Gasteiger partial charge on any atom is -0.481 e. The van der Waals surface area contributed by atoms with Gasteiger partial charge in [0, 0.05) is 18.8 Å². The maximum atomic E-state index is 11.6. The van der Waals surface area contributed by atoms with Gasteiger partial charge in [-0.15, -0.1) is 0 Å². The molecule has 7 nitrogen and oxygen atoms in total. The van der Waals surface area contributed by atoms with Crippen LogP contribution in [0.1, 0.15) is 12.5 Å². The average Bonchev–Trinajstić information content (AvgIpc) is 2.43. The summed E-state index contributed by atoms with van der Waals surface area (Å²) in [4.78, 5) is 15.6. The van der Waals surface area contributed by atoms with E-state index in [1.807, 2.05) is 0 Å². The number of nitrogens with two attached hydrogens (primary N) is 1. The number of rotatable bonds is 5. The first-order chi connectivity index (χ1) is 8.58. The number of amidine groups is 1. The fourth-order valence-electron chi connectivity index (χ4n) is 1.20. The predicted molar refractivity (Wildman–Crippen MR) is 65.2 cm³/mol. The zero-order valence-electron chi connectivity index (χ0n) is 10.3. The number of carbonyl (C=O) groups is 1. The first-order valence-corrected chi connectivity index (χ1v) is 5.32. The topological polar surface area (TPSA) is 110 Å². The van der Waals surface area contributed by atoms with Gasteiger partial charge < -0.3 is 21.0 Å². The largest absolute Gasteiger partial charge is 0.481 e. The Morgan fingerprint density at radius 2 is 2.39 bits per heavy atom. The molecule has 0 spiro atoms. The van der Waals surface area contributed by atoms with Crippen LogP contribution in [0.4, 0.5) is 0 Å². The molecule has 0 aliphatic rings. The molecule has 0 aliphatic carbocycles. The van der Waals surface area contributed by atoms with Crippen LogP contribution in [0.2, 0.25) is 0 Å². The third-order valence-corrected chi connectivity index (χ3v) is 2.43. The zero-order chi connectivity index (χ0) is 13.5. The minimum absolute atomic E-state index is 0.125. The molecule has 98 valence electrons. The third-order valence-electron chi connectivity index (χ3n) is 2.43. The summed E-state index contributed by atoms with van der Waals surface area (Å²) in [7, 11) is 1.53. The number of nitrogens with one attached hydrogen (secondary N) is 1. The second kappa shape index (κ2) is 6.43. The molecule has 0 radical (unpaired) electrons. The molecule has 0 aliphatic heterocycles. The highest BCUT2D eigenvalue weighted by molar-refractivity contribution is 6.01. The van der Waals surface area contributed by atoms with Gasteiger partial charge in [0.1, 0.15) is 0 Å². The number of hydrogen-bond donors (Lipinski definition) is 3. The quantitative estimate of drug-likeness (QED) is 0.298. The highest BCUT2D eigenvalue weighted by Gasteiger charge is 2.16. The molecule has 0 fully saturated rings. The first kappa shape index (κ1) is 13.8. The second-order valence-electron chi connectivity index (χ2n) is 3.67. The summed E-state index contributed by atoms with van der Waals surface area (Å²) in [6.45, 7) is 1.87. The van der Waals surface area contributed by atoms with E-state index in [1.165, 1.54) is 7.11 Å². The van der Waals surface area contributed by atoms with E-state index in [2.05, 4.69) is 15.5 Å². The summed E-state index contributed by atoms with van der Waals surface area (Å²) >= 11 is 0. The van der Waals surface area contributed by atoms with Crippen LogP contribution in [0, 0.1) is 5.92 Å². The molecule has 4 N–H and O–H groups in total. The van der Waals surface area contributed by atoms with Crippen molar-refractivity contribution < 1.29 is 14.7 Å². The Morgan fingerprint density at radius 3 is 2.89 bits per heavy atom. The molecule has 1 aromatic rings. The first-order valence-electron chi connectivity index (χ1n) is 5.32. The van der Waals surface area contributed by atoms with Gasteiger partial charge in [-0.3, -0.25) is 4.79 Å². The highest BCUT2D eigenvalue weighted by Crippen LogP contribution is 2.06. The fourth-order valence-corrected chi connectivity index (χ4v) is 1.20. The normalized spacial score (nSPS) is 12.9. The fraction of sp³-hybridized carbons (Fsp3) is 0.364. The van der Waals surface area contributed by atoms with Gasteiger partial charge >= 0.3 is 0 Å². The molecular weight excluding hydrogens is 236 g/mol. The average molecular weight is 252 g/mol. The number of aromatic nitrogens is 1. The number of methoxy groups -OCH3 is 1. The molecule has 0 aromatic carbocycles. The van der Waals surface area contributed by atoms with Crippen molar-refractivity contribution in [1.29, 1.82) is 0 Å². The Kier molecular flexibility index (Phi) is 4.91. The summed E-state index contributed by atoms with van der Waals surface area (Å²) in [5.41, 5.74) is 6.16. The lowest BCUT2D eigenvalue weighted by molar-refractivity contribution is -0.122. The Balaban J connectivity index is 2.52. The molecule has 1 atom stereocenters. The summed E-state index contributed by atoms with van der Waals surface area (Å²) < 4.78 is 4.92. The van der Waals surface area contributed by atoms with Gasteiger partial charge in [-0.25, -0.2) is 4.98 Å². The molecule has 7 heteroatoms. The number of carbonyl (C=O) groups excluding carboxylic acids is 1. The maximum Gasteiger partial charge on any atom is 0.230 e. The Bertz CT molecular complexity index is 430. The van der Waals surface area contributed by atoms with Crippen molar-refractivity contribution in [1.82, 2.24) is 10.3 Å². The van der Waals surface area contributed by atoms with Gasteiger partial charge in [0.15, 0.2) is 5.84 Å². The smallest absolute Gasteiger partial charge is 0.230 e. The van der Waals surface area contributed by atoms with Crippen LogP contribution in [-0.2, 0) is 11.3 Å². The van der Waals surface area contributed by atoms with Gasteiger partial charge in [0.25, 0.3) is 0 Å². The van der Waals surface area contributed by atoms with Crippen LogP contribution in [0.15, 0.2) is 23.5 Å². The Labute approximate surface area is 105 Å². The van der Waals surface area contributed by atoms with Crippen LogP contribution < -0.4 is 15.8 Å². The summed E-state index contributed by atoms with van der Waals surface area (Å²) in [6, 6.07) is 3.49. The molecule has 0 bridgehead atoms. The monoisotopic (exact) mass is 252 g/mol. The molecular formula is C11H16N4O3. The maximum absolute atomic E-state index is 11.6. The van der Waals surface area contributed by atoms with Crippen molar-refractivity contribution in [3.8, 4) is 5.88 Å². The van der Waals surface area contributed by atoms with Crippen LogP contribution >= 0.6 is 0 Å². The van der Waals surface area contributed by atoms with Crippen LogP contribution in [0.25, 0.3) is 0 Å². The van der Waals surface area contributed by atoms with E-state index in [9.17, 15) is 4.79 Å². The lowest BCUT2D eigenvalue weighted by Gasteiger charge is -2.10. The van der Waals surface area contributed by atoms with Crippen molar-refractivity contribution in [2.75, 3.05) is 7.11 Å². The minimum atomic E-state index is -0.679. The Hall–Kier alpha value is -2.31. The molecule has 1 heterocycles. The van der Waals surface area contributed by atoms with Crippen molar-refractivity contribution >= 4 is 11.7 Å². The van der Waals surface area contributed by atoms with E-state index in [1.54, 1.807) is 25.3 Å². The van der Waals surface area contributed by atoms with Crippen LogP contribution in [0.3, 0.4) is 0 Å². The van der Waals surface area contributed by atoms with Gasteiger partial charge in [-0.05, 0) is 12.5 Å². The summed E-state index contributed by atoms with van der Waals surface area (Å²) in [5, 5.41) is 13.9. The van der Waals surface area contributed by atoms with Gasteiger partial charge in [-0.2, -0.15) is 0 Å². The van der Waals surface area contributed by atoms with E-state index >= 15 is 0 Å². The molecule has 1 amide bonds. The van der Waals surface area contributed by atoms with Gasteiger partial charge in [0.05, 0.1) is 13.0 Å². The summed E-state index contributed by atoms with van der Waals surface area (Å²) in [5.74, 6) is -0.613. The third kappa shape index (κ3) is 3.62. The van der Waals surface area contributed by atoms with Crippen molar-refractivity contribution in [2.24, 2.45) is 16.8 Å². The van der Waals surface area contributed by atoms with Crippen LogP contribution in [0.5, 0.6) is 5.88 Å². The lowest BCUT2D eigenvalue weighted by atomic mass is 10.1. The van der Waals surface area contributed by atoms with Gasteiger partial charge in [0.2, 0.25) is 11.8 Å². The van der Waals surface area contributed by atoms with Crippen LogP contribution in [-0.4, -0.2) is 29.0 Å². The Morgan fingerprint density at radius 1 is 1.67 bits per heavy atom. The molecule has 1 unspecified atom stereocenters. The number of oxime groups is 1. The van der Waals surface area contributed by atoms with Crippen molar-refractivity contribution in [3.63, 3.8) is 0 Å². The van der Waals surface area contributed by atoms with E-state index in [4.69, 9.17) is 15.7 Å². The standard InChI is InChI=1S/C11H16N4O3/c1-7(10(12)15-17)11(16)14-6-8-3-4-9(18-2)13-5-8/h3-5,7,17H,6H2,1-2H3,(H2,12,15)(H,14,16).